The molecule has 206 valence electrons. The Balaban J connectivity index is 1.03. The summed E-state index contributed by atoms with van der Waals surface area (Å²) in [7, 11) is 0. The number of rotatable bonds is 9. The monoisotopic (exact) mass is 568 g/mol. The third-order valence-electron chi connectivity index (χ3n) is 6.76. The smallest absolute Gasteiger partial charge is 0.271 e. The zero-order chi connectivity index (χ0) is 28.7. The van der Waals surface area contributed by atoms with E-state index < -0.39 is 0 Å². The Morgan fingerprint density at radius 3 is 2.55 bits per heavy atom. The van der Waals surface area contributed by atoms with E-state index in [9.17, 15) is 4.79 Å². The minimum atomic E-state index is -0.291. The number of hydrazone groups is 1. The second-order valence-electron chi connectivity index (χ2n) is 9.80. The Hall–Kier alpha value is -5.27. The Bertz CT molecular complexity index is 1860. The van der Waals surface area contributed by atoms with Gasteiger partial charge in [-0.3, -0.25) is 4.79 Å². The van der Waals surface area contributed by atoms with E-state index in [0.29, 0.717) is 12.2 Å². The number of thiazole rings is 1. The van der Waals surface area contributed by atoms with Crippen LogP contribution in [0.25, 0.3) is 22.0 Å². The number of hydrogen-bond donors (Lipinski definition) is 2. The number of fused-ring (bicyclic) bond motifs is 1. The average molecular weight is 569 g/mol. The van der Waals surface area contributed by atoms with Crippen molar-refractivity contribution in [2.75, 3.05) is 5.32 Å². The highest BCUT2D eigenvalue weighted by atomic mass is 32.1. The van der Waals surface area contributed by atoms with Crippen LogP contribution in [-0.2, 0) is 6.61 Å². The number of nitrogens with zero attached hydrogens (tertiary/aromatic N) is 2. The third-order valence-corrected chi connectivity index (χ3v) is 7.52. The first kappa shape index (κ1) is 26.9. The minimum absolute atomic E-state index is 0.291. The Labute approximate surface area is 248 Å². The van der Waals surface area contributed by atoms with Crippen LogP contribution in [0.1, 0.15) is 27.0 Å². The number of carbonyl (C=O) groups excluding carboxylic acids is 1. The predicted octanol–water partition coefficient (Wildman–Crippen LogP) is 8.36. The molecular formula is C35H28N4O2S. The number of carbonyl (C=O) groups is 1. The highest BCUT2D eigenvalue weighted by Gasteiger charge is 2.08. The molecule has 6 aromatic rings. The third kappa shape index (κ3) is 6.54. The summed E-state index contributed by atoms with van der Waals surface area (Å²) in [5, 5.41) is 12.7. The SMILES string of the molecule is Cc1ccc(Nc2nc(-c3ccc(C(=O)N/N=C\c4cccc(OCc5cccc6ccccc56)c4)cc3)cs2)cc1. The maximum absolute atomic E-state index is 12.7. The van der Waals surface area contributed by atoms with Crippen LogP contribution in [0.2, 0.25) is 0 Å². The number of anilines is 2. The average Bonchev–Trinajstić information content (AvgIpc) is 3.50. The van der Waals surface area contributed by atoms with E-state index in [1.165, 1.54) is 27.7 Å². The van der Waals surface area contributed by atoms with Gasteiger partial charge in [0.15, 0.2) is 5.13 Å². The molecule has 0 aliphatic rings. The van der Waals surface area contributed by atoms with Gasteiger partial charge in [-0.05, 0) is 65.2 Å². The summed E-state index contributed by atoms with van der Waals surface area (Å²) in [4.78, 5) is 17.4. The number of aromatic nitrogens is 1. The molecule has 6 rings (SSSR count). The maximum Gasteiger partial charge on any atom is 0.271 e. The molecule has 1 heterocycles. The molecule has 0 aliphatic carbocycles. The Morgan fingerprint density at radius 1 is 0.905 bits per heavy atom. The zero-order valence-electron chi connectivity index (χ0n) is 23.0. The van der Waals surface area contributed by atoms with Crippen LogP contribution in [0.5, 0.6) is 5.75 Å². The molecule has 0 saturated heterocycles. The lowest BCUT2D eigenvalue weighted by Gasteiger charge is -2.09. The van der Waals surface area contributed by atoms with Crippen LogP contribution in [0.4, 0.5) is 10.8 Å². The summed E-state index contributed by atoms with van der Waals surface area (Å²) in [6.45, 7) is 2.52. The molecule has 1 amide bonds. The van der Waals surface area contributed by atoms with Gasteiger partial charge in [-0.1, -0.05) is 84.4 Å². The van der Waals surface area contributed by atoms with E-state index >= 15 is 0 Å². The quantitative estimate of drug-likeness (QED) is 0.136. The first-order valence-corrected chi connectivity index (χ1v) is 14.4. The fourth-order valence-electron chi connectivity index (χ4n) is 4.51. The van der Waals surface area contributed by atoms with Gasteiger partial charge in [0.1, 0.15) is 12.4 Å². The number of hydrogen-bond acceptors (Lipinski definition) is 6. The first-order valence-electron chi connectivity index (χ1n) is 13.5. The second-order valence-corrected chi connectivity index (χ2v) is 10.7. The van der Waals surface area contributed by atoms with Crippen molar-refractivity contribution in [3.8, 4) is 17.0 Å². The highest BCUT2D eigenvalue weighted by molar-refractivity contribution is 7.14. The molecule has 0 fully saturated rings. The summed E-state index contributed by atoms with van der Waals surface area (Å²) in [5.74, 6) is 0.439. The molecule has 0 atom stereocenters. The van der Waals surface area contributed by atoms with Gasteiger partial charge in [0.05, 0.1) is 11.9 Å². The summed E-state index contributed by atoms with van der Waals surface area (Å²) >= 11 is 1.54. The van der Waals surface area contributed by atoms with Crippen molar-refractivity contribution in [1.29, 1.82) is 0 Å². The van der Waals surface area contributed by atoms with E-state index in [0.717, 1.165) is 39.0 Å². The van der Waals surface area contributed by atoms with Gasteiger partial charge in [0, 0.05) is 22.2 Å². The molecule has 5 aromatic carbocycles. The van der Waals surface area contributed by atoms with E-state index in [4.69, 9.17) is 4.74 Å². The Kier molecular flexibility index (Phi) is 8.01. The number of aryl methyl sites for hydroxylation is 1. The first-order chi connectivity index (χ1) is 20.6. The van der Waals surface area contributed by atoms with Gasteiger partial charge in [0.2, 0.25) is 0 Å². The largest absolute Gasteiger partial charge is 0.489 e. The van der Waals surface area contributed by atoms with Crippen LogP contribution in [0, 0.1) is 6.92 Å². The lowest BCUT2D eigenvalue weighted by Crippen LogP contribution is -2.17. The fourth-order valence-corrected chi connectivity index (χ4v) is 5.25. The van der Waals surface area contributed by atoms with Crippen LogP contribution in [0.3, 0.4) is 0 Å². The lowest BCUT2D eigenvalue weighted by atomic mass is 10.1. The van der Waals surface area contributed by atoms with Crippen LogP contribution >= 0.6 is 11.3 Å². The summed E-state index contributed by atoms with van der Waals surface area (Å²) in [5.41, 5.74) is 9.05. The molecule has 0 bridgehead atoms. The van der Waals surface area contributed by atoms with Crippen molar-refractivity contribution >= 4 is 45.0 Å². The molecular weight excluding hydrogens is 540 g/mol. The molecule has 7 heteroatoms. The van der Waals surface area contributed by atoms with Gasteiger partial charge in [-0.2, -0.15) is 5.10 Å². The zero-order valence-corrected chi connectivity index (χ0v) is 23.8. The number of amides is 1. The summed E-state index contributed by atoms with van der Waals surface area (Å²) < 4.78 is 6.06. The second kappa shape index (κ2) is 12.5. The van der Waals surface area contributed by atoms with Crippen molar-refractivity contribution in [1.82, 2.24) is 10.4 Å². The van der Waals surface area contributed by atoms with Gasteiger partial charge in [-0.15, -0.1) is 11.3 Å². The van der Waals surface area contributed by atoms with E-state index in [1.807, 2.05) is 72.1 Å². The van der Waals surface area contributed by atoms with E-state index in [-0.39, 0.29) is 5.91 Å². The van der Waals surface area contributed by atoms with Gasteiger partial charge in [-0.25, -0.2) is 10.4 Å². The van der Waals surface area contributed by atoms with Crippen molar-refractivity contribution < 1.29 is 9.53 Å². The molecule has 6 nitrogen and oxygen atoms in total. The molecule has 2 N–H and O–H groups in total. The normalized spacial score (nSPS) is 11.1. The highest BCUT2D eigenvalue weighted by Crippen LogP contribution is 2.27. The van der Waals surface area contributed by atoms with Gasteiger partial charge < -0.3 is 10.1 Å². The van der Waals surface area contributed by atoms with E-state index in [1.54, 1.807) is 18.3 Å². The minimum Gasteiger partial charge on any atom is -0.489 e. The standard InChI is InChI=1S/C35H28N4O2S/c1-24-12-18-30(19-13-24)37-35-38-33(23-42-35)27-14-16-28(17-15-27)34(40)39-36-21-25-6-4-10-31(20-25)41-22-29-9-5-8-26-7-2-3-11-32(26)29/h2-21,23H,22H2,1H3,(H,37,38)(H,39,40)/b36-21-. The molecule has 0 unspecified atom stereocenters. The topological polar surface area (TPSA) is 75.6 Å². The van der Waals surface area contributed by atoms with Crippen molar-refractivity contribution in [2.24, 2.45) is 5.10 Å². The molecule has 1 aromatic heterocycles. The Morgan fingerprint density at radius 2 is 1.69 bits per heavy atom. The lowest BCUT2D eigenvalue weighted by molar-refractivity contribution is 0.0955. The van der Waals surface area contributed by atoms with Crippen molar-refractivity contribution in [3.05, 3.63) is 143 Å². The van der Waals surface area contributed by atoms with Crippen LogP contribution in [0.15, 0.2) is 126 Å². The number of nitrogens with one attached hydrogen (secondary N) is 2. The molecule has 42 heavy (non-hydrogen) atoms. The van der Waals surface area contributed by atoms with E-state index in [2.05, 4.69) is 64.1 Å². The predicted molar refractivity (Wildman–Crippen MR) is 172 cm³/mol. The number of ether oxygens (including phenoxy) is 1. The van der Waals surface area contributed by atoms with Crippen LogP contribution in [-0.4, -0.2) is 17.1 Å². The summed E-state index contributed by atoms with van der Waals surface area (Å²) in [6, 6.07) is 37.6. The molecule has 0 saturated carbocycles. The van der Waals surface area contributed by atoms with Gasteiger partial charge in [0.25, 0.3) is 5.91 Å². The van der Waals surface area contributed by atoms with Crippen molar-refractivity contribution in [3.63, 3.8) is 0 Å². The van der Waals surface area contributed by atoms with Gasteiger partial charge >= 0.3 is 0 Å². The van der Waals surface area contributed by atoms with Crippen molar-refractivity contribution in [2.45, 2.75) is 13.5 Å². The fraction of sp³-hybridized carbons (Fsp3) is 0.0571. The number of benzene rings is 5. The maximum atomic E-state index is 12.7. The molecule has 0 spiro atoms. The molecule has 0 aliphatic heterocycles. The summed E-state index contributed by atoms with van der Waals surface area (Å²) in [6.07, 6.45) is 1.61. The van der Waals surface area contributed by atoms with Crippen LogP contribution < -0.4 is 15.5 Å². The molecule has 0 radical (unpaired) electrons.